The van der Waals surface area contributed by atoms with Gasteiger partial charge in [-0.05, 0) is 55.7 Å². The molecule has 0 radical (unpaired) electrons. The molecule has 1 aromatic rings. The largest absolute Gasteiger partial charge is 0.497 e. The minimum Gasteiger partial charge on any atom is -0.497 e. The molecule has 0 atom stereocenters. The average Bonchev–Trinajstić information content (AvgIpc) is 2.79. The van der Waals surface area contributed by atoms with Crippen molar-refractivity contribution in [2.24, 2.45) is 10.9 Å². The lowest BCUT2D eigenvalue weighted by molar-refractivity contribution is 0.0510. The molecular formula is C23H38IN3O3. The molecule has 0 unspecified atom stereocenters. The summed E-state index contributed by atoms with van der Waals surface area (Å²) in [7, 11) is 5.72. The van der Waals surface area contributed by atoms with Crippen molar-refractivity contribution in [1.29, 1.82) is 0 Å². The zero-order chi connectivity index (χ0) is 20.5. The number of methoxy groups -OCH3 is 1. The first-order valence-corrected chi connectivity index (χ1v) is 10.9. The molecule has 0 saturated carbocycles. The highest BCUT2D eigenvalue weighted by molar-refractivity contribution is 14.0. The summed E-state index contributed by atoms with van der Waals surface area (Å²) in [5, 5.41) is 3.66. The number of aliphatic imine (C=N–C) groups is 1. The van der Waals surface area contributed by atoms with Gasteiger partial charge in [-0.1, -0.05) is 12.1 Å². The number of hydrogen-bond donors (Lipinski definition) is 1. The van der Waals surface area contributed by atoms with Crippen molar-refractivity contribution in [2.45, 2.75) is 37.5 Å². The Hall–Kier alpha value is -1.06. The van der Waals surface area contributed by atoms with Crippen LogP contribution in [0.25, 0.3) is 0 Å². The van der Waals surface area contributed by atoms with E-state index in [2.05, 4.69) is 46.5 Å². The summed E-state index contributed by atoms with van der Waals surface area (Å²) in [4.78, 5) is 6.80. The molecular weight excluding hydrogens is 493 g/mol. The van der Waals surface area contributed by atoms with E-state index in [0.29, 0.717) is 0 Å². The van der Waals surface area contributed by atoms with Gasteiger partial charge in [0.1, 0.15) is 5.75 Å². The Morgan fingerprint density at radius 2 is 1.77 bits per heavy atom. The van der Waals surface area contributed by atoms with Gasteiger partial charge in [-0.25, -0.2) is 0 Å². The maximum Gasteiger partial charge on any atom is 0.193 e. The third-order valence-electron chi connectivity index (χ3n) is 6.52. The van der Waals surface area contributed by atoms with E-state index in [0.717, 1.165) is 70.0 Å². The van der Waals surface area contributed by atoms with Crippen LogP contribution in [0.4, 0.5) is 0 Å². The maximum absolute atomic E-state index is 5.67. The van der Waals surface area contributed by atoms with Crippen molar-refractivity contribution >= 4 is 29.9 Å². The fraction of sp³-hybridized carbons (Fsp3) is 0.696. The molecule has 0 amide bonds. The summed E-state index contributed by atoms with van der Waals surface area (Å²) in [6.07, 6.45) is 5.57. The van der Waals surface area contributed by atoms with Gasteiger partial charge in [0.25, 0.3) is 0 Å². The Bertz CT molecular complexity index is 642. The van der Waals surface area contributed by atoms with Gasteiger partial charge in [0.15, 0.2) is 5.96 Å². The second kappa shape index (κ2) is 12.7. The molecule has 1 N–H and O–H groups in total. The molecule has 2 heterocycles. The summed E-state index contributed by atoms with van der Waals surface area (Å²) in [6, 6.07) is 8.51. The number of guanidine groups is 1. The summed E-state index contributed by atoms with van der Waals surface area (Å²) in [6.45, 7) is 5.29. The SMILES string of the molecule is CN=C(NCC1(c2ccc(OC)cc2)CCOCC1)N(C)CCC1CCOCC1.I. The van der Waals surface area contributed by atoms with E-state index in [1.165, 1.54) is 24.8 Å². The van der Waals surface area contributed by atoms with Crippen molar-refractivity contribution in [3.05, 3.63) is 29.8 Å². The number of nitrogens with one attached hydrogen (secondary N) is 1. The van der Waals surface area contributed by atoms with Gasteiger partial charge in [0.2, 0.25) is 0 Å². The van der Waals surface area contributed by atoms with Crippen LogP contribution < -0.4 is 10.1 Å². The molecule has 170 valence electrons. The Labute approximate surface area is 198 Å². The van der Waals surface area contributed by atoms with E-state index in [-0.39, 0.29) is 29.4 Å². The number of benzene rings is 1. The van der Waals surface area contributed by atoms with Crippen LogP contribution in [-0.2, 0) is 14.9 Å². The van der Waals surface area contributed by atoms with Crippen LogP contribution in [0.3, 0.4) is 0 Å². The molecule has 2 saturated heterocycles. The van der Waals surface area contributed by atoms with Gasteiger partial charge in [0, 0.05) is 59.0 Å². The molecule has 2 fully saturated rings. The highest BCUT2D eigenvalue weighted by Gasteiger charge is 2.35. The first kappa shape index (κ1) is 25.2. The van der Waals surface area contributed by atoms with Gasteiger partial charge in [-0.15, -0.1) is 24.0 Å². The molecule has 7 heteroatoms. The molecule has 0 aliphatic carbocycles. The molecule has 0 bridgehead atoms. The van der Waals surface area contributed by atoms with E-state index in [1.807, 2.05) is 7.05 Å². The van der Waals surface area contributed by atoms with Gasteiger partial charge >= 0.3 is 0 Å². The summed E-state index contributed by atoms with van der Waals surface area (Å²) in [5.41, 5.74) is 1.40. The molecule has 0 spiro atoms. The summed E-state index contributed by atoms with van der Waals surface area (Å²) in [5.74, 6) is 2.63. The Morgan fingerprint density at radius 1 is 1.13 bits per heavy atom. The van der Waals surface area contributed by atoms with Gasteiger partial charge in [-0.3, -0.25) is 4.99 Å². The lowest BCUT2D eigenvalue weighted by Crippen LogP contribution is -2.48. The number of ether oxygens (including phenoxy) is 3. The maximum atomic E-state index is 5.67. The van der Waals surface area contributed by atoms with E-state index in [4.69, 9.17) is 14.2 Å². The van der Waals surface area contributed by atoms with E-state index < -0.39 is 0 Å². The van der Waals surface area contributed by atoms with Crippen molar-refractivity contribution in [2.75, 3.05) is 60.7 Å². The van der Waals surface area contributed by atoms with E-state index in [9.17, 15) is 0 Å². The van der Waals surface area contributed by atoms with Gasteiger partial charge in [0.05, 0.1) is 7.11 Å². The monoisotopic (exact) mass is 531 g/mol. The third-order valence-corrected chi connectivity index (χ3v) is 6.52. The third kappa shape index (κ3) is 6.72. The van der Waals surface area contributed by atoms with Crippen LogP contribution in [-0.4, -0.2) is 71.6 Å². The zero-order valence-corrected chi connectivity index (χ0v) is 21.0. The number of rotatable bonds is 7. The lowest BCUT2D eigenvalue weighted by Gasteiger charge is -2.39. The number of hydrogen-bond acceptors (Lipinski definition) is 4. The van der Waals surface area contributed by atoms with Crippen LogP contribution in [0.1, 0.15) is 37.7 Å². The Kier molecular flexibility index (Phi) is 10.7. The standard InChI is InChI=1S/C23H37N3O3.HI/c1-24-22(26(2)13-8-19-9-14-28-15-10-19)25-18-23(11-16-29-17-12-23)20-4-6-21(27-3)7-5-20;/h4-7,19H,8-18H2,1-3H3,(H,24,25);1H. The van der Waals surface area contributed by atoms with Gasteiger partial charge in [-0.2, -0.15) is 0 Å². The van der Waals surface area contributed by atoms with Gasteiger partial charge < -0.3 is 24.4 Å². The minimum absolute atomic E-state index is 0. The van der Waals surface area contributed by atoms with Crippen LogP contribution >= 0.6 is 24.0 Å². The topological polar surface area (TPSA) is 55.3 Å². The molecule has 3 rings (SSSR count). The Morgan fingerprint density at radius 3 is 2.37 bits per heavy atom. The first-order chi connectivity index (χ1) is 14.2. The van der Waals surface area contributed by atoms with E-state index in [1.54, 1.807) is 7.11 Å². The average molecular weight is 531 g/mol. The summed E-state index contributed by atoms with van der Waals surface area (Å²) >= 11 is 0. The molecule has 30 heavy (non-hydrogen) atoms. The highest BCUT2D eigenvalue weighted by atomic mass is 127. The number of nitrogens with zero attached hydrogens (tertiary/aromatic N) is 2. The molecule has 2 aliphatic rings. The smallest absolute Gasteiger partial charge is 0.193 e. The fourth-order valence-corrected chi connectivity index (χ4v) is 4.42. The van der Waals surface area contributed by atoms with Crippen molar-refractivity contribution < 1.29 is 14.2 Å². The minimum atomic E-state index is 0. The molecule has 6 nitrogen and oxygen atoms in total. The molecule has 1 aromatic carbocycles. The van der Waals surface area contributed by atoms with Crippen LogP contribution in [0.15, 0.2) is 29.3 Å². The van der Waals surface area contributed by atoms with Crippen molar-refractivity contribution in [1.82, 2.24) is 10.2 Å². The fourth-order valence-electron chi connectivity index (χ4n) is 4.42. The predicted molar refractivity (Wildman–Crippen MR) is 132 cm³/mol. The molecule has 2 aliphatic heterocycles. The van der Waals surface area contributed by atoms with Crippen LogP contribution in [0.5, 0.6) is 5.75 Å². The first-order valence-electron chi connectivity index (χ1n) is 10.9. The van der Waals surface area contributed by atoms with E-state index >= 15 is 0 Å². The molecule has 0 aromatic heterocycles. The lowest BCUT2D eigenvalue weighted by atomic mass is 9.74. The Balaban J connectivity index is 0.00000320. The second-order valence-electron chi connectivity index (χ2n) is 8.29. The normalized spacial score (nSPS) is 19.6. The number of halogens is 1. The van der Waals surface area contributed by atoms with Crippen LogP contribution in [0.2, 0.25) is 0 Å². The van der Waals surface area contributed by atoms with Crippen LogP contribution in [0, 0.1) is 5.92 Å². The van der Waals surface area contributed by atoms with Crippen molar-refractivity contribution in [3.8, 4) is 5.75 Å². The van der Waals surface area contributed by atoms with Crippen molar-refractivity contribution in [3.63, 3.8) is 0 Å². The highest BCUT2D eigenvalue weighted by Crippen LogP contribution is 2.35. The second-order valence-corrected chi connectivity index (χ2v) is 8.29. The predicted octanol–water partition coefficient (Wildman–Crippen LogP) is 3.69. The zero-order valence-electron chi connectivity index (χ0n) is 18.7. The quantitative estimate of drug-likeness (QED) is 0.331. The summed E-state index contributed by atoms with van der Waals surface area (Å²) < 4.78 is 16.5.